The van der Waals surface area contributed by atoms with Crippen LogP contribution in [0.15, 0.2) is 30.6 Å². The second-order valence-corrected chi connectivity index (χ2v) is 5.94. The van der Waals surface area contributed by atoms with E-state index in [9.17, 15) is 0 Å². The zero-order valence-electron chi connectivity index (χ0n) is 14.4. The normalized spacial score (nSPS) is 11.3. The predicted octanol–water partition coefficient (Wildman–Crippen LogP) is 1.72. The molecule has 0 aliphatic carbocycles. The van der Waals surface area contributed by atoms with Gasteiger partial charge in [-0.15, -0.1) is 5.10 Å². The van der Waals surface area contributed by atoms with E-state index in [0.29, 0.717) is 18.7 Å². The van der Waals surface area contributed by atoms with E-state index in [0.717, 1.165) is 34.4 Å². The van der Waals surface area contributed by atoms with Gasteiger partial charge in [-0.25, -0.2) is 14.5 Å². The topological polar surface area (TPSA) is 86.7 Å². The summed E-state index contributed by atoms with van der Waals surface area (Å²) >= 11 is 0. The van der Waals surface area contributed by atoms with Gasteiger partial charge in [-0.05, 0) is 26.0 Å². The summed E-state index contributed by atoms with van der Waals surface area (Å²) < 4.78 is 3.63. The second-order valence-electron chi connectivity index (χ2n) is 5.94. The van der Waals surface area contributed by atoms with E-state index in [-0.39, 0.29) is 0 Å². The van der Waals surface area contributed by atoms with E-state index in [1.165, 1.54) is 0 Å². The van der Waals surface area contributed by atoms with E-state index in [4.69, 9.17) is 0 Å². The zero-order chi connectivity index (χ0) is 17.4. The Labute approximate surface area is 144 Å². The fourth-order valence-corrected chi connectivity index (χ4v) is 2.71. The maximum absolute atomic E-state index is 4.60. The first-order valence-electron chi connectivity index (χ1n) is 8.11. The van der Waals surface area contributed by atoms with Crippen molar-refractivity contribution in [2.75, 3.05) is 0 Å². The number of pyridine rings is 1. The Morgan fingerprint density at radius 2 is 1.88 bits per heavy atom. The van der Waals surface area contributed by atoms with Crippen molar-refractivity contribution in [2.45, 2.75) is 26.7 Å². The molecule has 8 nitrogen and oxygen atoms in total. The van der Waals surface area contributed by atoms with Crippen LogP contribution >= 0.6 is 0 Å². The Bertz CT molecular complexity index is 993. The van der Waals surface area contributed by atoms with Crippen molar-refractivity contribution < 1.29 is 0 Å². The fourth-order valence-electron chi connectivity index (χ4n) is 2.71. The smallest absolute Gasteiger partial charge is 0.199 e. The van der Waals surface area contributed by atoms with Crippen LogP contribution in [0.4, 0.5) is 0 Å². The summed E-state index contributed by atoms with van der Waals surface area (Å²) in [6.07, 6.45) is 4.95. The average Bonchev–Trinajstić information content (AvgIpc) is 3.22. The molecule has 0 fully saturated rings. The third-order valence-corrected chi connectivity index (χ3v) is 4.07. The number of rotatable bonds is 4. The Morgan fingerprint density at radius 1 is 1.00 bits per heavy atom. The maximum atomic E-state index is 4.60. The van der Waals surface area contributed by atoms with Gasteiger partial charge in [-0.1, -0.05) is 6.07 Å². The summed E-state index contributed by atoms with van der Waals surface area (Å²) in [5.41, 5.74) is 3.42. The quantitative estimate of drug-likeness (QED) is 0.565. The van der Waals surface area contributed by atoms with Gasteiger partial charge in [0.05, 0.1) is 11.4 Å². The first-order valence-corrected chi connectivity index (χ1v) is 8.11. The van der Waals surface area contributed by atoms with Gasteiger partial charge in [-0.3, -0.25) is 14.6 Å². The van der Waals surface area contributed by atoms with Crippen molar-refractivity contribution in [3.63, 3.8) is 0 Å². The molecule has 0 aliphatic rings. The molecule has 0 saturated carbocycles. The summed E-state index contributed by atoms with van der Waals surface area (Å²) in [4.78, 5) is 17.8. The third-order valence-electron chi connectivity index (χ3n) is 4.07. The van der Waals surface area contributed by atoms with Crippen molar-refractivity contribution in [1.82, 2.24) is 39.3 Å². The van der Waals surface area contributed by atoms with E-state index in [1.807, 2.05) is 49.8 Å². The van der Waals surface area contributed by atoms with E-state index >= 15 is 0 Å². The molecule has 0 amide bonds. The fraction of sp³-hybridized carbons (Fsp3) is 0.294. The molecule has 4 aromatic heterocycles. The first-order chi connectivity index (χ1) is 12.1. The number of hydrogen-bond donors (Lipinski definition) is 0. The standard InChI is InChI=1S/C17H18N8/c1-11-10-19-12(2)17-20-14(22-25(11)17)7-8-15-21-16(23-24(15)3)13-6-4-5-9-18-13/h4-6,9-10H,7-8H2,1-3H3. The molecule has 0 aliphatic heterocycles. The van der Waals surface area contributed by atoms with Gasteiger partial charge in [0.1, 0.15) is 11.5 Å². The molecular weight excluding hydrogens is 316 g/mol. The maximum Gasteiger partial charge on any atom is 0.199 e. The zero-order valence-corrected chi connectivity index (χ0v) is 14.4. The highest BCUT2D eigenvalue weighted by Gasteiger charge is 2.13. The van der Waals surface area contributed by atoms with E-state index in [2.05, 4.69) is 30.1 Å². The van der Waals surface area contributed by atoms with Crippen molar-refractivity contribution in [1.29, 1.82) is 0 Å². The molecule has 0 radical (unpaired) electrons. The first kappa shape index (κ1) is 15.4. The number of aromatic nitrogens is 8. The molecule has 0 unspecified atom stereocenters. The predicted molar refractivity (Wildman–Crippen MR) is 91.9 cm³/mol. The molecule has 126 valence electrons. The minimum absolute atomic E-state index is 0.636. The third kappa shape index (κ3) is 2.86. The number of fused-ring (bicyclic) bond motifs is 1. The number of hydrogen-bond acceptors (Lipinski definition) is 6. The van der Waals surface area contributed by atoms with Crippen LogP contribution in [0.2, 0.25) is 0 Å². The van der Waals surface area contributed by atoms with Gasteiger partial charge in [0, 0.05) is 32.3 Å². The summed E-state index contributed by atoms with van der Waals surface area (Å²) in [6.45, 7) is 3.91. The Kier molecular flexibility index (Phi) is 3.72. The Hall–Kier alpha value is -3.16. The van der Waals surface area contributed by atoms with Crippen molar-refractivity contribution in [2.24, 2.45) is 7.05 Å². The molecule has 4 heterocycles. The molecular formula is C17H18N8. The highest BCUT2D eigenvalue weighted by Crippen LogP contribution is 2.13. The second kappa shape index (κ2) is 6.04. The lowest BCUT2D eigenvalue weighted by Crippen LogP contribution is -2.03. The molecule has 25 heavy (non-hydrogen) atoms. The molecule has 8 heteroatoms. The Balaban J connectivity index is 1.57. The number of aryl methyl sites for hydroxylation is 5. The molecule has 0 bridgehead atoms. The summed E-state index contributed by atoms with van der Waals surface area (Å²) in [5.74, 6) is 2.30. The lowest BCUT2D eigenvalue weighted by molar-refractivity contribution is 0.683. The summed E-state index contributed by atoms with van der Waals surface area (Å²) in [5, 5.41) is 9.03. The molecule has 0 aromatic carbocycles. The van der Waals surface area contributed by atoms with Crippen LogP contribution in [0.5, 0.6) is 0 Å². The van der Waals surface area contributed by atoms with Gasteiger partial charge in [-0.2, -0.15) is 5.10 Å². The van der Waals surface area contributed by atoms with Gasteiger partial charge in [0.2, 0.25) is 0 Å². The highest BCUT2D eigenvalue weighted by molar-refractivity contribution is 5.47. The monoisotopic (exact) mass is 334 g/mol. The van der Waals surface area contributed by atoms with Gasteiger partial charge in [0.25, 0.3) is 0 Å². The van der Waals surface area contributed by atoms with E-state index < -0.39 is 0 Å². The van der Waals surface area contributed by atoms with Gasteiger partial charge < -0.3 is 0 Å². The molecule has 0 spiro atoms. The molecule has 0 N–H and O–H groups in total. The Morgan fingerprint density at radius 3 is 2.64 bits per heavy atom. The summed E-state index contributed by atoms with van der Waals surface area (Å²) in [6, 6.07) is 5.71. The lowest BCUT2D eigenvalue weighted by atomic mass is 10.3. The average molecular weight is 334 g/mol. The highest BCUT2D eigenvalue weighted by atomic mass is 15.3. The lowest BCUT2D eigenvalue weighted by Gasteiger charge is -1.97. The van der Waals surface area contributed by atoms with Crippen LogP contribution < -0.4 is 0 Å². The number of nitrogens with zero attached hydrogens (tertiary/aromatic N) is 8. The largest absolute Gasteiger partial charge is 0.256 e. The van der Waals surface area contributed by atoms with Crippen LogP contribution in [-0.4, -0.2) is 39.3 Å². The molecule has 4 aromatic rings. The van der Waals surface area contributed by atoms with Gasteiger partial charge in [0.15, 0.2) is 17.3 Å². The van der Waals surface area contributed by atoms with Crippen molar-refractivity contribution >= 4 is 5.65 Å². The minimum Gasteiger partial charge on any atom is -0.256 e. The van der Waals surface area contributed by atoms with Crippen molar-refractivity contribution in [3.8, 4) is 11.5 Å². The van der Waals surface area contributed by atoms with E-state index in [1.54, 1.807) is 10.9 Å². The summed E-state index contributed by atoms with van der Waals surface area (Å²) in [7, 11) is 1.89. The van der Waals surface area contributed by atoms with Crippen LogP contribution in [-0.2, 0) is 19.9 Å². The van der Waals surface area contributed by atoms with Crippen LogP contribution in [0.25, 0.3) is 17.2 Å². The molecule has 4 rings (SSSR count). The van der Waals surface area contributed by atoms with Crippen LogP contribution in [0.3, 0.4) is 0 Å². The van der Waals surface area contributed by atoms with Crippen molar-refractivity contribution in [3.05, 3.63) is 53.6 Å². The SMILES string of the molecule is Cc1ncc(C)n2nc(CCc3nc(-c4ccccn4)nn3C)nc12. The molecule has 0 atom stereocenters. The van der Waals surface area contributed by atoms with Gasteiger partial charge >= 0.3 is 0 Å². The van der Waals surface area contributed by atoms with Crippen LogP contribution in [0.1, 0.15) is 23.0 Å². The van der Waals surface area contributed by atoms with Crippen LogP contribution in [0, 0.1) is 13.8 Å². The molecule has 0 saturated heterocycles. The minimum atomic E-state index is 0.636.